The molecule has 0 aliphatic carbocycles. The first kappa shape index (κ1) is 25.0. The first-order chi connectivity index (χ1) is 16.7. The Kier molecular flexibility index (Phi) is 7.60. The van der Waals surface area contributed by atoms with Gasteiger partial charge in [0.2, 0.25) is 5.91 Å². The number of thioether (sulfide) groups is 1. The van der Waals surface area contributed by atoms with Gasteiger partial charge in [-0.25, -0.2) is 0 Å². The largest absolute Gasteiger partial charge is 0.336 e. The summed E-state index contributed by atoms with van der Waals surface area (Å²) in [5.41, 5.74) is 5.54. The lowest BCUT2D eigenvalue weighted by Gasteiger charge is -2.33. The summed E-state index contributed by atoms with van der Waals surface area (Å²) in [5, 5.41) is 12.2. The number of amides is 2. The lowest BCUT2D eigenvalue weighted by atomic mass is 10.0. The molecular weight excluding hydrogens is 458 g/mol. The third-order valence-electron chi connectivity index (χ3n) is 6.54. The summed E-state index contributed by atoms with van der Waals surface area (Å²) in [6.45, 7) is 10.9. The number of anilines is 1. The summed E-state index contributed by atoms with van der Waals surface area (Å²) < 4.78 is 1.99. The molecule has 4 rings (SSSR count). The lowest BCUT2D eigenvalue weighted by Crippen LogP contribution is -2.42. The third-order valence-corrected chi connectivity index (χ3v) is 7.47. The molecule has 1 unspecified atom stereocenters. The van der Waals surface area contributed by atoms with E-state index < -0.39 is 0 Å². The molecule has 3 aromatic rings. The molecule has 1 aromatic heterocycles. The van der Waals surface area contributed by atoms with Gasteiger partial charge in [0.05, 0.1) is 11.4 Å². The van der Waals surface area contributed by atoms with Crippen LogP contribution in [0.15, 0.2) is 41.6 Å². The molecule has 0 radical (unpaired) electrons. The average molecular weight is 492 g/mol. The number of nitrogens with zero attached hydrogens (tertiary/aromatic N) is 4. The smallest absolute Gasteiger partial charge is 0.254 e. The van der Waals surface area contributed by atoms with Crippen LogP contribution in [0.4, 0.5) is 5.69 Å². The molecular formula is C27H33N5O2S. The number of likely N-dealkylation sites (tertiary alicyclic amines) is 1. The molecule has 1 saturated heterocycles. The van der Waals surface area contributed by atoms with Gasteiger partial charge in [0, 0.05) is 23.8 Å². The molecule has 1 aliphatic heterocycles. The van der Waals surface area contributed by atoms with E-state index in [1.54, 1.807) is 6.07 Å². The maximum atomic E-state index is 13.0. The van der Waals surface area contributed by atoms with Crippen LogP contribution in [0.25, 0.3) is 5.69 Å². The Morgan fingerprint density at radius 2 is 1.83 bits per heavy atom. The van der Waals surface area contributed by atoms with Crippen molar-refractivity contribution in [3.8, 4) is 5.69 Å². The molecule has 1 atom stereocenters. The van der Waals surface area contributed by atoms with Crippen LogP contribution in [0.5, 0.6) is 0 Å². The normalized spacial score (nSPS) is 15.8. The van der Waals surface area contributed by atoms with Crippen molar-refractivity contribution >= 4 is 29.3 Å². The predicted octanol–water partition coefficient (Wildman–Crippen LogP) is 5.25. The number of nitrogens with one attached hydrogen (secondary N) is 1. The van der Waals surface area contributed by atoms with Crippen LogP contribution in [-0.2, 0) is 4.79 Å². The second kappa shape index (κ2) is 10.6. The fraction of sp³-hybridized carbons (Fsp3) is 0.407. The molecule has 35 heavy (non-hydrogen) atoms. The number of carbonyl (C=O) groups is 2. The van der Waals surface area contributed by atoms with Crippen LogP contribution >= 0.6 is 11.8 Å². The van der Waals surface area contributed by atoms with Crippen molar-refractivity contribution in [1.82, 2.24) is 19.7 Å². The van der Waals surface area contributed by atoms with Gasteiger partial charge in [-0.3, -0.25) is 14.2 Å². The first-order valence-corrected chi connectivity index (χ1v) is 13.1. The molecule has 1 N–H and O–H groups in total. The fourth-order valence-electron chi connectivity index (χ4n) is 4.49. The van der Waals surface area contributed by atoms with E-state index in [1.165, 1.54) is 18.2 Å². The van der Waals surface area contributed by atoms with Crippen molar-refractivity contribution in [3.05, 3.63) is 64.5 Å². The van der Waals surface area contributed by atoms with Crippen molar-refractivity contribution in [2.24, 2.45) is 0 Å². The molecule has 0 bridgehead atoms. The molecule has 0 spiro atoms. The number of hydrogen-bond donors (Lipinski definition) is 1. The van der Waals surface area contributed by atoms with Crippen molar-refractivity contribution in [2.75, 3.05) is 17.6 Å². The predicted molar refractivity (Wildman–Crippen MR) is 140 cm³/mol. The van der Waals surface area contributed by atoms with E-state index in [9.17, 15) is 9.59 Å². The summed E-state index contributed by atoms with van der Waals surface area (Å²) in [7, 11) is 0. The Balaban J connectivity index is 1.42. The van der Waals surface area contributed by atoms with Crippen LogP contribution in [-0.4, -0.2) is 49.8 Å². The molecule has 2 heterocycles. The summed E-state index contributed by atoms with van der Waals surface area (Å²) in [6.07, 6.45) is 3.28. The molecule has 184 valence electrons. The zero-order valence-corrected chi connectivity index (χ0v) is 21.9. The highest BCUT2D eigenvalue weighted by molar-refractivity contribution is 7.99. The number of benzene rings is 2. The zero-order chi connectivity index (χ0) is 25.1. The Labute approximate surface area is 211 Å². The molecule has 1 aliphatic rings. The number of aryl methyl sites for hydroxylation is 4. The monoisotopic (exact) mass is 491 g/mol. The number of hydrogen-bond acceptors (Lipinski definition) is 5. The van der Waals surface area contributed by atoms with E-state index >= 15 is 0 Å². The first-order valence-electron chi connectivity index (χ1n) is 12.1. The van der Waals surface area contributed by atoms with E-state index in [1.807, 2.05) is 35.4 Å². The highest BCUT2D eigenvalue weighted by Crippen LogP contribution is 2.26. The quantitative estimate of drug-likeness (QED) is 0.477. The average Bonchev–Trinajstić information content (AvgIpc) is 3.20. The van der Waals surface area contributed by atoms with Gasteiger partial charge in [-0.05, 0) is 94.8 Å². The van der Waals surface area contributed by atoms with E-state index in [4.69, 9.17) is 0 Å². The number of rotatable bonds is 6. The van der Waals surface area contributed by atoms with Crippen molar-refractivity contribution < 1.29 is 9.59 Å². The highest BCUT2D eigenvalue weighted by Gasteiger charge is 2.24. The van der Waals surface area contributed by atoms with Crippen LogP contribution in [0.2, 0.25) is 0 Å². The van der Waals surface area contributed by atoms with Crippen molar-refractivity contribution in [1.29, 1.82) is 0 Å². The molecule has 8 heteroatoms. The minimum atomic E-state index is -0.130. The van der Waals surface area contributed by atoms with E-state index in [0.29, 0.717) is 16.4 Å². The standard InChI is InChI=1S/C27H33N5O2S/c1-17-9-10-18(2)24(14-17)32-21(5)29-30-27(32)35-16-25(33)28-23-12-11-22(15-19(23)3)26(34)31-13-7-6-8-20(31)4/h9-12,14-15,20H,6-8,13,16H2,1-5H3,(H,28,33). The maximum Gasteiger partial charge on any atom is 0.254 e. The van der Waals surface area contributed by atoms with Gasteiger partial charge in [-0.15, -0.1) is 10.2 Å². The summed E-state index contributed by atoms with van der Waals surface area (Å²) in [6, 6.07) is 12.0. The number of aromatic nitrogens is 3. The molecule has 0 saturated carbocycles. The van der Waals surface area contributed by atoms with E-state index in [2.05, 4.69) is 54.5 Å². The van der Waals surface area contributed by atoms with Gasteiger partial charge >= 0.3 is 0 Å². The molecule has 2 aromatic carbocycles. The van der Waals surface area contributed by atoms with Gasteiger partial charge < -0.3 is 10.2 Å². The Bertz CT molecular complexity index is 1250. The van der Waals surface area contributed by atoms with Gasteiger partial charge in [-0.1, -0.05) is 23.9 Å². The summed E-state index contributed by atoms with van der Waals surface area (Å²) >= 11 is 1.35. The van der Waals surface area contributed by atoms with Crippen LogP contribution in [0, 0.1) is 27.7 Å². The summed E-state index contributed by atoms with van der Waals surface area (Å²) in [4.78, 5) is 27.7. The minimum Gasteiger partial charge on any atom is -0.336 e. The van der Waals surface area contributed by atoms with Gasteiger partial charge in [-0.2, -0.15) is 0 Å². The van der Waals surface area contributed by atoms with Gasteiger partial charge in [0.25, 0.3) is 5.91 Å². The third kappa shape index (κ3) is 5.59. The van der Waals surface area contributed by atoms with Crippen LogP contribution in [0.3, 0.4) is 0 Å². The molecule has 2 amide bonds. The maximum absolute atomic E-state index is 13.0. The number of carbonyl (C=O) groups excluding carboxylic acids is 2. The van der Waals surface area contributed by atoms with Crippen LogP contribution in [0.1, 0.15) is 59.1 Å². The Morgan fingerprint density at radius 3 is 2.57 bits per heavy atom. The Morgan fingerprint density at radius 1 is 1.03 bits per heavy atom. The SMILES string of the molecule is Cc1ccc(C)c(-n2c(C)nnc2SCC(=O)Nc2ccc(C(=O)N3CCCCC3C)cc2C)c1. The number of piperidine rings is 1. The van der Waals surface area contributed by atoms with Crippen molar-refractivity contribution in [3.63, 3.8) is 0 Å². The van der Waals surface area contributed by atoms with Crippen LogP contribution < -0.4 is 5.32 Å². The second-order valence-electron chi connectivity index (χ2n) is 9.37. The minimum absolute atomic E-state index is 0.0647. The second-order valence-corrected chi connectivity index (χ2v) is 10.3. The zero-order valence-electron chi connectivity index (χ0n) is 21.1. The summed E-state index contributed by atoms with van der Waals surface area (Å²) in [5.74, 6) is 0.916. The highest BCUT2D eigenvalue weighted by atomic mass is 32.2. The lowest BCUT2D eigenvalue weighted by molar-refractivity contribution is -0.113. The molecule has 1 fully saturated rings. The van der Waals surface area contributed by atoms with E-state index in [-0.39, 0.29) is 23.6 Å². The Hall–Kier alpha value is -3.13. The topological polar surface area (TPSA) is 80.1 Å². The van der Waals surface area contributed by atoms with Crippen molar-refractivity contribution in [2.45, 2.75) is 65.1 Å². The van der Waals surface area contributed by atoms with Gasteiger partial charge in [0.1, 0.15) is 5.82 Å². The fourth-order valence-corrected chi connectivity index (χ4v) is 5.28. The van der Waals surface area contributed by atoms with Gasteiger partial charge in [0.15, 0.2) is 5.16 Å². The molecule has 7 nitrogen and oxygen atoms in total. The van der Waals surface area contributed by atoms with E-state index in [0.717, 1.165) is 47.6 Å².